The molecular weight excluding hydrogens is 248 g/mol. The van der Waals surface area contributed by atoms with Crippen LogP contribution in [0.2, 0.25) is 0 Å². The third-order valence-corrected chi connectivity index (χ3v) is 4.39. The van der Waals surface area contributed by atoms with Gasteiger partial charge in [-0.1, -0.05) is 19.0 Å². The Hall–Kier alpha value is -1.27. The number of nitrogens with zero attached hydrogens (tertiary/aromatic N) is 3. The number of hydrogen-bond donors (Lipinski definition) is 1. The molecule has 1 fully saturated rings. The summed E-state index contributed by atoms with van der Waals surface area (Å²) in [4.78, 5) is 8.77. The Kier molecular flexibility index (Phi) is 2.91. The third-order valence-electron chi connectivity index (χ3n) is 3.81. The van der Waals surface area contributed by atoms with Gasteiger partial charge in [0, 0.05) is 11.9 Å². The molecular formula is C12H16N4OS. The Balaban J connectivity index is 1.97. The van der Waals surface area contributed by atoms with Crippen LogP contribution in [-0.2, 0) is 5.41 Å². The lowest BCUT2D eigenvalue weighted by molar-refractivity contribution is 0.234. The zero-order valence-corrected chi connectivity index (χ0v) is 11.3. The van der Waals surface area contributed by atoms with Crippen molar-refractivity contribution in [3.8, 4) is 11.5 Å². The molecule has 96 valence electrons. The van der Waals surface area contributed by atoms with E-state index in [9.17, 15) is 0 Å². The maximum absolute atomic E-state index is 5.50. The number of rotatable bonds is 3. The van der Waals surface area contributed by atoms with Crippen LogP contribution in [0.25, 0.3) is 11.5 Å². The molecule has 0 aromatic carbocycles. The van der Waals surface area contributed by atoms with E-state index in [-0.39, 0.29) is 5.41 Å². The summed E-state index contributed by atoms with van der Waals surface area (Å²) in [5.41, 5.74) is 2.54. The molecule has 2 aromatic rings. The smallest absolute Gasteiger partial charge is 0.234 e. The van der Waals surface area contributed by atoms with Crippen LogP contribution in [0.5, 0.6) is 0 Å². The van der Waals surface area contributed by atoms with Crippen molar-refractivity contribution in [2.45, 2.75) is 25.7 Å². The topological polar surface area (TPSA) is 63.8 Å². The minimum Gasteiger partial charge on any atom is -0.338 e. The van der Waals surface area contributed by atoms with Crippen LogP contribution in [0.15, 0.2) is 15.4 Å². The summed E-state index contributed by atoms with van der Waals surface area (Å²) in [6, 6.07) is 0. The Bertz CT molecular complexity index is 514. The molecule has 0 spiro atoms. The highest BCUT2D eigenvalue weighted by Gasteiger charge is 2.43. The average Bonchev–Trinajstić information content (AvgIpc) is 3.11. The Morgan fingerprint density at radius 3 is 3.00 bits per heavy atom. The van der Waals surface area contributed by atoms with E-state index in [1.807, 2.05) is 5.38 Å². The standard InChI is InChI=1S/C12H16N4OS/c1-8(2)12(3-4-13-6-12)11-15-10(16-17-11)9-5-18-7-14-9/h5,7-8,13H,3-4,6H2,1-2H3. The van der Waals surface area contributed by atoms with Crippen LogP contribution in [0.4, 0.5) is 0 Å². The fourth-order valence-corrected chi connectivity index (χ4v) is 3.02. The van der Waals surface area contributed by atoms with Gasteiger partial charge in [0.1, 0.15) is 5.69 Å². The van der Waals surface area contributed by atoms with Crippen LogP contribution in [-0.4, -0.2) is 28.2 Å². The first-order valence-electron chi connectivity index (χ1n) is 6.16. The largest absolute Gasteiger partial charge is 0.338 e. The molecule has 0 amide bonds. The van der Waals surface area contributed by atoms with Crippen LogP contribution < -0.4 is 5.32 Å². The summed E-state index contributed by atoms with van der Waals surface area (Å²) in [6.07, 6.45) is 1.05. The van der Waals surface area contributed by atoms with Gasteiger partial charge in [-0.3, -0.25) is 0 Å². The molecule has 0 saturated carbocycles. The number of thiazole rings is 1. The molecule has 18 heavy (non-hydrogen) atoms. The highest BCUT2D eigenvalue weighted by molar-refractivity contribution is 7.07. The molecule has 1 atom stereocenters. The van der Waals surface area contributed by atoms with Crippen LogP contribution in [0.3, 0.4) is 0 Å². The predicted molar refractivity (Wildman–Crippen MR) is 69.4 cm³/mol. The fraction of sp³-hybridized carbons (Fsp3) is 0.583. The molecule has 0 aliphatic carbocycles. The first kappa shape index (κ1) is 11.8. The van der Waals surface area contributed by atoms with Gasteiger partial charge < -0.3 is 9.84 Å². The second kappa shape index (κ2) is 4.44. The lowest BCUT2D eigenvalue weighted by atomic mass is 9.76. The molecule has 1 aliphatic heterocycles. The summed E-state index contributed by atoms with van der Waals surface area (Å²) < 4.78 is 5.50. The minimum atomic E-state index is -0.0265. The predicted octanol–water partition coefficient (Wildman–Crippen LogP) is 2.08. The summed E-state index contributed by atoms with van der Waals surface area (Å²) in [7, 11) is 0. The molecule has 0 bridgehead atoms. The maximum atomic E-state index is 5.50. The summed E-state index contributed by atoms with van der Waals surface area (Å²) >= 11 is 1.54. The molecule has 3 rings (SSSR count). The van der Waals surface area contributed by atoms with Gasteiger partial charge in [0.25, 0.3) is 0 Å². The summed E-state index contributed by atoms with van der Waals surface area (Å²) in [6.45, 7) is 6.33. The summed E-state index contributed by atoms with van der Waals surface area (Å²) in [5, 5.41) is 9.39. The van der Waals surface area contributed by atoms with Crippen molar-refractivity contribution in [1.82, 2.24) is 20.4 Å². The Morgan fingerprint density at radius 1 is 1.50 bits per heavy atom. The monoisotopic (exact) mass is 264 g/mol. The van der Waals surface area contributed by atoms with E-state index in [2.05, 4.69) is 34.3 Å². The van der Waals surface area contributed by atoms with Crippen molar-refractivity contribution in [2.75, 3.05) is 13.1 Å². The van der Waals surface area contributed by atoms with Crippen molar-refractivity contribution in [2.24, 2.45) is 5.92 Å². The summed E-state index contributed by atoms with van der Waals surface area (Å²) in [5.74, 6) is 1.81. The molecule has 6 heteroatoms. The van der Waals surface area contributed by atoms with E-state index in [4.69, 9.17) is 4.52 Å². The molecule has 1 aliphatic rings. The van der Waals surface area contributed by atoms with Crippen LogP contribution in [0, 0.1) is 5.92 Å². The number of hydrogen-bond acceptors (Lipinski definition) is 6. The average molecular weight is 264 g/mol. The van der Waals surface area contributed by atoms with Gasteiger partial charge in [0.15, 0.2) is 0 Å². The quantitative estimate of drug-likeness (QED) is 0.919. The highest BCUT2D eigenvalue weighted by atomic mass is 32.1. The van der Waals surface area contributed by atoms with Gasteiger partial charge in [-0.15, -0.1) is 11.3 Å². The first-order valence-corrected chi connectivity index (χ1v) is 7.10. The van der Waals surface area contributed by atoms with Crippen molar-refractivity contribution in [1.29, 1.82) is 0 Å². The van der Waals surface area contributed by atoms with Crippen LogP contribution in [0.1, 0.15) is 26.2 Å². The van der Waals surface area contributed by atoms with Gasteiger partial charge in [-0.2, -0.15) is 4.98 Å². The van der Waals surface area contributed by atoms with Crippen molar-refractivity contribution in [3.63, 3.8) is 0 Å². The van der Waals surface area contributed by atoms with E-state index in [0.29, 0.717) is 11.7 Å². The van der Waals surface area contributed by atoms with E-state index in [0.717, 1.165) is 31.1 Å². The molecule has 1 unspecified atom stereocenters. The van der Waals surface area contributed by atoms with Crippen LogP contribution >= 0.6 is 11.3 Å². The molecule has 3 heterocycles. The highest BCUT2D eigenvalue weighted by Crippen LogP contribution is 2.37. The number of nitrogens with one attached hydrogen (secondary N) is 1. The normalized spacial score (nSPS) is 23.9. The zero-order chi connectivity index (χ0) is 12.6. The molecule has 1 saturated heterocycles. The van der Waals surface area contributed by atoms with E-state index < -0.39 is 0 Å². The SMILES string of the molecule is CC(C)C1(c2nc(-c3cscn3)no2)CCNC1. The minimum absolute atomic E-state index is 0.0265. The fourth-order valence-electron chi connectivity index (χ4n) is 2.49. The van der Waals surface area contributed by atoms with Gasteiger partial charge in [-0.05, 0) is 18.9 Å². The van der Waals surface area contributed by atoms with Gasteiger partial charge >= 0.3 is 0 Å². The molecule has 1 N–H and O–H groups in total. The molecule has 0 radical (unpaired) electrons. The first-order chi connectivity index (χ1) is 8.72. The zero-order valence-electron chi connectivity index (χ0n) is 10.5. The van der Waals surface area contributed by atoms with Crippen molar-refractivity contribution in [3.05, 3.63) is 16.8 Å². The van der Waals surface area contributed by atoms with E-state index >= 15 is 0 Å². The lowest BCUT2D eigenvalue weighted by Crippen LogP contribution is -2.35. The van der Waals surface area contributed by atoms with Crippen molar-refractivity contribution >= 4 is 11.3 Å². The van der Waals surface area contributed by atoms with Gasteiger partial charge in [0.05, 0.1) is 10.9 Å². The molecule has 5 nitrogen and oxygen atoms in total. The Labute approximate surface area is 110 Å². The Morgan fingerprint density at radius 2 is 2.39 bits per heavy atom. The van der Waals surface area contributed by atoms with Gasteiger partial charge in [-0.25, -0.2) is 4.98 Å². The second-order valence-corrected chi connectivity index (χ2v) is 5.75. The van der Waals surface area contributed by atoms with Gasteiger partial charge in [0.2, 0.25) is 11.7 Å². The van der Waals surface area contributed by atoms with Crippen molar-refractivity contribution < 1.29 is 4.52 Å². The second-order valence-electron chi connectivity index (χ2n) is 5.03. The number of aromatic nitrogens is 3. The van der Waals surface area contributed by atoms with E-state index in [1.54, 1.807) is 5.51 Å². The van der Waals surface area contributed by atoms with E-state index in [1.165, 1.54) is 11.3 Å². The maximum Gasteiger partial charge on any atom is 0.234 e. The third kappa shape index (κ3) is 1.76. The lowest BCUT2D eigenvalue weighted by Gasteiger charge is -2.27. The molecule has 2 aromatic heterocycles.